The van der Waals surface area contributed by atoms with Gasteiger partial charge < -0.3 is 4.74 Å². The van der Waals surface area contributed by atoms with E-state index in [1.807, 2.05) is 12.1 Å². The molecule has 1 aromatic carbocycles. The van der Waals surface area contributed by atoms with Crippen molar-refractivity contribution in [2.24, 2.45) is 0 Å². The van der Waals surface area contributed by atoms with Gasteiger partial charge in [-0.25, -0.2) is 9.18 Å². The van der Waals surface area contributed by atoms with Gasteiger partial charge in [-0.2, -0.15) is 15.6 Å². The van der Waals surface area contributed by atoms with E-state index in [0.29, 0.717) is 23.4 Å². The van der Waals surface area contributed by atoms with Crippen LogP contribution in [0.5, 0.6) is 0 Å². The summed E-state index contributed by atoms with van der Waals surface area (Å²) in [5, 5.41) is 22.3. The Morgan fingerprint density at radius 3 is 2.68 bits per heavy atom. The van der Waals surface area contributed by atoms with Gasteiger partial charge in [0, 0.05) is 17.3 Å². The summed E-state index contributed by atoms with van der Waals surface area (Å²) in [6, 6.07) is 9.55. The zero-order chi connectivity index (χ0) is 18.2. The second-order valence-corrected chi connectivity index (χ2v) is 5.00. The SMILES string of the molecule is CCOC(=O)C(C#N)=Cc1cn(CCC#N)nc1-c1ccc(F)cc1. The number of aryl methyl sites for hydroxylation is 1. The molecule has 1 aromatic heterocycles. The van der Waals surface area contributed by atoms with Crippen LogP contribution in [-0.4, -0.2) is 22.4 Å². The molecule has 0 aliphatic heterocycles. The van der Waals surface area contributed by atoms with Crippen LogP contribution in [0.3, 0.4) is 0 Å². The Bertz CT molecular complexity index is 870. The third kappa shape index (κ3) is 4.52. The zero-order valence-corrected chi connectivity index (χ0v) is 13.6. The van der Waals surface area contributed by atoms with Crippen molar-refractivity contribution in [3.63, 3.8) is 0 Å². The Morgan fingerprint density at radius 2 is 2.08 bits per heavy atom. The molecule has 0 unspecified atom stereocenters. The van der Waals surface area contributed by atoms with Crippen LogP contribution < -0.4 is 0 Å². The topological polar surface area (TPSA) is 91.7 Å². The summed E-state index contributed by atoms with van der Waals surface area (Å²) in [6.07, 6.45) is 3.27. The van der Waals surface area contributed by atoms with Gasteiger partial charge in [-0.15, -0.1) is 0 Å². The highest BCUT2D eigenvalue weighted by Gasteiger charge is 2.15. The normalized spacial score (nSPS) is 10.8. The maximum absolute atomic E-state index is 13.2. The summed E-state index contributed by atoms with van der Waals surface area (Å²) in [4.78, 5) is 11.8. The van der Waals surface area contributed by atoms with Crippen molar-refractivity contribution in [3.8, 4) is 23.4 Å². The van der Waals surface area contributed by atoms with Crippen molar-refractivity contribution < 1.29 is 13.9 Å². The van der Waals surface area contributed by atoms with Gasteiger partial charge in [0.25, 0.3) is 0 Å². The molecular formula is C18H15FN4O2. The van der Waals surface area contributed by atoms with E-state index in [0.717, 1.165) is 0 Å². The molecule has 0 aliphatic carbocycles. The van der Waals surface area contributed by atoms with Crippen molar-refractivity contribution in [2.45, 2.75) is 19.9 Å². The molecule has 25 heavy (non-hydrogen) atoms. The number of esters is 1. The van der Waals surface area contributed by atoms with E-state index in [1.165, 1.54) is 18.2 Å². The van der Waals surface area contributed by atoms with Crippen molar-refractivity contribution in [3.05, 3.63) is 47.4 Å². The predicted molar refractivity (Wildman–Crippen MR) is 88.1 cm³/mol. The average Bonchev–Trinajstić information content (AvgIpc) is 3.01. The van der Waals surface area contributed by atoms with Crippen LogP contribution in [-0.2, 0) is 16.1 Å². The van der Waals surface area contributed by atoms with E-state index in [-0.39, 0.29) is 24.4 Å². The van der Waals surface area contributed by atoms with Crippen LogP contribution in [0.25, 0.3) is 17.3 Å². The Morgan fingerprint density at radius 1 is 1.36 bits per heavy atom. The molecule has 0 bridgehead atoms. The number of hydrogen-bond acceptors (Lipinski definition) is 5. The third-order valence-electron chi connectivity index (χ3n) is 3.28. The molecule has 0 spiro atoms. The quantitative estimate of drug-likeness (QED) is 0.458. The zero-order valence-electron chi connectivity index (χ0n) is 13.6. The smallest absolute Gasteiger partial charge is 0.348 e. The first-order valence-corrected chi connectivity index (χ1v) is 7.58. The second kappa shape index (κ2) is 8.42. The van der Waals surface area contributed by atoms with Crippen molar-refractivity contribution in [2.75, 3.05) is 6.61 Å². The van der Waals surface area contributed by atoms with E-state index < -0.39 is 5.97 Å². The van der Waals surface area contributed by atoms with Gasteiger partial charge in [-0.05, 0) is 37.3 Å². The molecule has 0 atom stereocenters. The molecule has 0 fully saturated rings. The molecule has 0 N–H and O–H groups in total. The fourth-order valence-electron chi connectivity index (χ4n) is 2.15. The highest BCUT2D eigenvalue weighted by atomic mass is 19.1. The van der Waals surface area contributed by atoms with Gasteiger partial charge in [0.1, 0.15) is 17.5 Å². The van der Waals surface area contributed by atoms with E-state index in [2.05, 4.69) is 5.10 Å². The highest BCUT2D eigenvalue weighted by Crippen LogP contribution is 2.25. The van der Waals surface area contributed by atoms with Gasteiger partial charge in [0.05, 0.1) is 31.3 Å². The fourth-order valence-corrected chi connectivity index (χ4v) is 2.15. The van der Waals surface area contributed by atoms with Crippen LogP contribution in [0.4, 0.5) is 4.39 Å². The summed E-state index contributed by atoms with van der Waals surface area (Å²) < 4.78 is 19.6. The van der Waals surface area contributed by atoms with Crippen LogP contribution in [0, 0.1) is 28.5 Å². The molecule has 7 heteroatoms. The predicted octanol–water partition coefficient (Wildman–Crippen LogP) is 3.07. The number of carbonyl (C=O) groups is 1. The molecular weight excluding hydrogens is 323 g/mol. The lowest BCUT2D eigenvalue weighted by Gasteiger charge is -2.01. The molecule has 2 rings (SSSR count). The molecule has 2 aromatic rings. The van der Waals surface area contributed by atoms with Gasteiger partial charge in [-0.3, -0.25) is 4.68 Å². The number of nitriles is 2. The maximum Gasteiger partial charge on any atom is 0.348 e. The number of hydrogen-bond donors (Lipinski definition) is 0. The Labute approximate surface area is 144 Å². The molecule has 126 valence electrons. The first-order valence-electron chi connectivity index (χ1n) is 7.58. The maximum atomic E-state index is 13.2. The third-order valence-corrected chi connectivity index (χ3v) is 3.28. The fraction of sp³-hybridized carbons (Fsp3) is 0.222. The lowest BCUT2D eigenvalue weighted by molar-refractivity contribution is -0.137. The summed E-state index contributed by atoms with van der Waals surface area (Å²) in [7, 11) is 0. The number of halogens is 1. The summed E-state index contributed by atoms with van der Waals surface area (Å²) in [6.45, 7) is 2.17. The van der Waals surface area contributed by atoms with Crippen LogP contribution >= 0.6 is 0 Å². The van der Waals surface area contributed by atoms with Crippen LogP contribution in [0.2, 0.25) is 0 Å². The van der Waals surface area contributed by atoms with Crippen LogP contribution in [0.1, 0.15) is 18.9 Å². The van der Waals surface area contributed by atoms with Crippen molar-refractivity contribution >= 4 is 12.0 Å². The summed E-state index contributed by atoms with van der Waals surface area (Å²) in [5.41, 5.74) is 1.46. The number of aromatic nitrogens is 2. The molecule has 0 radical (unpaired) electrons. The van der Waals surface area contributed by atoms with Gasteiger partial charge in [0.15, 0.2) is 0 Å². The van der Waals surface area contributed by atoms with Crippen LogP contribution in [0.15, 0.2) is 36.0 Å². The average molecular weight is 338 g/mol. The molecule has 0 saturated carbocycles. The van der Waals surface area contributed by atoms with Crippen molar-refractivity contribution in [1.82, 2.24) is 9.78 Å². The number of ether oxygens (including phenoxy) is 1. The van der Waals surface area contributed by atoms with Gasteiger partial charge >= 0.3 is 5.97 Å². The Kier molecular flexibility index (Phi) is 6.02. The van der Waals surface area contributed by atoms with Gasteiger partial charge in [0.2, 0.25) is 0 Å². The Balaban J connectivity index is 2.49. The summed E-state index contributed by atoms with van der Waals surface area (Å²) >= 11 is 0. The molecule has 0 saturated heterocycles. The van der Waals surface area contributed by atoms with E-state index in [1.54, 1.807) is 29.9 Å². The second-order valence-electron chi connectivity index (χ2n) is 5.00. The molecule has 6 nitrogen and oxygen atoms in total. The lowest BCUT2D eigenvalue weighted by atomic mass is 10.1. The standard InChI is InChI=1S/C18H15FN4O2/c1-2-25-18(24)14(11-21)10-15-12-23(9-3-8-20)22-17(15)13-4-6-16(19)7-5-13/h4-7,10,12H,2-3,9H2,1H3. The molecule has 0 aliphatic rings. The summed E-state index contributed by atoms with van der Waals surface area (Å²) in [5.74, 6) is -1.10. The van der Waals surface area contributed by atoms with E-state index >= 15 is 0 Å². The monoisotopic (exact) mass is 338 g/mol. The molecule has 0 amide bonds. The Hall–Kier alpha value is -3.45. The lowest BCUT2D eigenvalue weighted by Crippen LogP contribution is -2.06. The minimum Gasteiger partial charge on any atom is -0.462 e. The number of nitrogens with zero attached hydrogens (tertiary/aromatic N) is 4. The minimum absolute atomic E-state index is 0.157. The largest absolute Gasteiger partial charge is 0.462 e. The highest BCUT2D eigenvalue weighted by molar-refractivity contribution is 5.98. The number of benzene rings is 1. The number of carbonyl (C=O) groups excluding carboxylic acids is 1. The van der Waals surface area contributed by atoms with Crippen molar-refractivity contribution in [1.29, 1.82) is 10.5 Å². The minimum atomic E-state index is -0.722. The first-order chi connectivity index (χ1) is 12.1. The van der Waals surface area contributed by atoms with E-state index in [9.17, 15) is 14.4 Å². The first kappa shape index (κ1) is 17.9. The van der Waals surface area contributed by atoms with E-state index in [4.69, 9.17) is 10.00 Å². The number of rotatable bonds is 6. The van der Waals surface area contributed by atoms with Gasteiger partial charge in [-0.1, -0.05) is 0 Å². The molecule has 1 heterocycles.